The minimum Gasteiger partial charge on any atom is -0.321 e. The SMILES string of the molecule is CC(C)CN1CC2(C1)NC(=O)NC2=O. The standard InChI is InChI=1S/C9H15N3O2/c1-6(2)3-12-4-9(5-12)7(13)10-8(14)11-9/h6H,3-5H2,1-2H3,(H2,10,11,13,14). The summed E-state index contributed by atoms with van der Waals surface area (Å²) in [5.74, 6) is 0.412. The van der Waals surface area contributed by atoms with Gasteiger partial charge in [-0.05, 0) is 5.92 Å². The smallest absolute Gasteiger partial charge is 0.321 e. The third-order valence-electron chi connectivity index (χ3n) is 2.62. The largest absolute Gasteiger partial charge is 0.322 e. The van der Waals surface area contributed by atoms with E-state index in [1.807, 2.05) is 0 Å². The molecule has 0 atom stereocenters. The Hall–Kier alpha value is -1.10. The Morgan fingerprint density at radius 3 is 2.50 bits per heavy atom. The summed E-state index contributed by atoms with van der Waals surface area (Å²) in [6, 6.07) is -0.362. The lowest BCUT2D eigenvalue weighted by molar-refractivity contribution is -0.130. The van der Waals surface area contributed by atoms with E-state index in [-0.39, 0.29) is 11.9 Å². The molecule has 0 aromatic heterocycles. The molecule has 2 aliphatic heterocycles. The maximum atomic E-state index is 11.4. The second-order valence-electron chi connectivity index (χ2n) is 4.55. The first kappa shape index (κ1) is 9.45. The van der Waals surface area contributed by atoms with Gasteiger partial charge in [-0.25, -0.2) is 4.79 Å². The number of nitrogens with zero attached hydrogens (tertiary/aromatic N) is 1. The molecule has 2 fully saturated rings. The molecule has 3 amide bonds. The van der Waals surface area contributed by atoms with E-state index in [1.165, 1.54) is 0 Å². The molecule has 0 aromatic rings. The van der Waals surface area contributed by atoms with Crippen molar-refractivity contribution in [2.45, 2.75) is 19.4 Å². The summed E-state index contributed by atoms with van der Waals surface area (Å²) in [6.07, 6.45) is 0. The zero-order valence-electron chi connectivity index (χ0n) is 8.46. The summed E-state index contributed by atoms with van der Waals surface area (Å²) < 4.78 is 0. The van der Waals surface area contributed by atoms with E-state index < -0.39 is 5.54 Å². The zero-order chi connectivity index (χ0) is 10.3. The average molecular weight is 197 g/mol. The highest BCUT2D eigenvalue weighted by atomic mass is 16.2. The second kappa shape index (κ2) is 2.95. The van der Waals surface area contributed by atoms with E-state index in [4.69, 9.17) is 0 Å². The van der Waals surface area contributed by atoms with Gasteiger partial charge < -0.3 is 5.32 Å². The van der Waals surface area contributed by atoms with Gasteiger partial charge in [-0.3, -0.25) is 15.0 Å². The molecule has 1 spiro atoms. The molecule has 2 saturated heterocycles. The Labute approximate surface area is 82.8 Å². The third kappa shape index (κ3) is 1.37. The average Bonchev–Trinajstić information content (AvgIpc) is 2.24. The van der Waals surface area contributed by atoms with E-state index in [1.54, 1.807) is 0 Å². The Balaban J connectivity index is 1.92. The molecule has 14 heavy (non-hydrogen) atoms. The summed E-state index contributed by atoms with van der Waals surface area (Å²) in [7, 11) is 0. The summed E-state index contributed by atoms with van der Waals surface area (Å²) in [6.45, 7) is 6.53. The van der Waals surface area contributed by atoms with Gasteiger partial charge in [-0.1, -0.05) is 13.8 Å². The maximum absolute atomic E-state index is 11.4. The number of amides is 3. The lowest BCUT2D eigenvalue weighted by Crippen LogP contribution is -2.71. The number of carbonyl (C=O) groups is 2. The number of urea groups is 1. The number of hydrogen-bond acceptors (Lipinski definition) is 3. The van der Waals surface area contributed by atoms with Gasteiger partial charge in [0.25, 0.3) is 5.91 Å². The van der Waals surface area contributed by atoms with Gasteiger partial charge in [0.05, 0.1) is 0 Å². The van der Waals surface area contributed by atoms with Crippen LogP contribution in [0.4, 0.5) is 4.79 Å². The third-order valence-corrected chi connectivity index (χ3v) is 2.62. The molecule has 2 aliphatic rings. The van der Waals surface area contributed by atoms with Crippen molar-refractivity contribution in [3.63, 3.8) is 0 Å². The van der Waals surface area contributed by atoms with Gasteiger partial charge in [-0.15, -0.1) is 0 Å². The normalized spacial score (nSPS) is 25.1. The van der Waals surface area contributed by atoms with Crippen molar-refractivity contribution in [2.24, 2.45) is 5.92 Å². The topological polar surface area (TPSA) is 61.4 Å². The first-order valence-electron chi connectivity index (χ1n) is 4.88. The number of carbonyl (C=O) groups excluding carboxylic acids is 2. The molecule has 0 radical (unpaired) electrons. The summed E-state index contributed by atoms with van der Waals surface area (Å²) in [5, 5.41) is 4.95. The van der Waals surface area contributed by atoms with Crippen molar-refractivity contribution < 1.29 is 9.59 Å². The summed E-state index contributed by atoms with van der Waals surface area (Å²) in [5.41, 5.74) is -0.619. The summed E-state index contributed by atoms with van der Waals surface area (Å²) >= 11 is 0. The Morgan fingerprint density at radius 2 is 2.07 bits per heavy atom. The van der Waals surface area contributed by atoms with Gasteiger partial charge in [0.2, 0.25) is 0 Å². The van der Waals surface area contributed by atoms with E-state index in [0.29, 0.717) is 19.0 Å². The molecular formula is C9H15N3O2. The number of rotatable bonds is 2. The van der Waals surface area contributed by atoms with Crippen molar-refractivity contribution >= 4 is 11.9 Å². The molecule has 0 saturated carbocycles. The predicted molar refractivity (Wildman–Crippen MR) is 50.7 cm³/mol. The van der Waals surface area contributed by atoms with Crippen LogP contribution in [-0.4, -0.2) is 42.0 Å². The lowest BCUT2D eigenvalue weighted by atomic mass is 9.89. The Bertz CT molecular complexity index is 282. The molecule has 78 valence electrons. The van der Waals surface area contributed by atoms with Gasteiger partial charge >= 0.3 is 6.03 Å². The molecule has 0 aromatic carbocycles. The van der Waals surface area contributed by atoms with E-state index in [0.717, 1.165) is 6.54 Å². The van der Waals surface area contributed by atoms with Crippen LogP contribution in [0.2, 0.25) is 0 Å². The molecule has 2 heterocycles. The molecule has 0 bridgehead atoms. The Morgan fingerprint density at radius 1 is 1.43 bits per heavy atom. The fourth-order valence-corrected chi connectivity index (χ4v) is 2.11. The van der Waals surface area contributed by atoms with Gasteiger partial charge in [0, 0.05) is 19.6 Å². The highest BCUT2D eigenvalue weighted by Gasteiger charge is 2.54. The van der Waals surface area contributed by atoms with Crippen LogP contribution in [0.25, 0.3) is 0 Å². The van der Waals surface area contributed by atoms with Crippen molar-refractivity contribution in [2.75, 3.05) is 19.6 Å². The highest BCUT2D eigenvalue weighted by Crippen LogP contribution is 2.24. The van der Waals surface area contributed by atoms with Crippen LogP contribution in [0.5, 0.6) is 0 Å². The summed E-state index contributed by atoms with van der Waals surface area (Å²) in [4.78, 5) is 24.5. The van der Waals surface area contributed by atoms with Crippen LogP contribution in [0.3, 0.4) is 0 Å². The van der Waals surface area contributed by atoms with E-state index in [9.17, 15) is 9.59 Å². The van der Waals surface area contributed by atoms with Crippen LogP contribution in [0.15, 0.2) is 0 Å². The zero-order valence-corrected chi connectivity index (χ0v) is 8.46. The molecular weight excluding hydrogens is 182 g/mol. The Kier molecular flexibility index (Phi) is 1.99. The molecule has 2 N–H and O–H groups in total. The fourth-order valence-electron chi connectivity index (χ4n) is 2.11. The van der Waals surface area contributed by atoms with Crippen LogP contribution in [0.1, 0.15) is 13.8 Å². The van der Waals surface area contributed by atoms with Crippen molar-refractivity contribution in [3.05, 3.63) is 0 Å². The first-order valence-corrected chi connectivity index (χ1v) is 4.88. The number of imide groups is 1. The van der Waals surface area contributed by atoms with Crippen molar-refractivity contribution in [1.82, 2.24) is 15.5 Å². The highest BCUT2D eigenvalue weighted by molar-refractivity contribution is 6.08. The number of hydrogen-bond donors (Lipinski definition) is 2. The van der Waals surface area contributed by atoms with Gasteiger partial charge in [0.15, 0.2) is 0 Å². The quantitative estimate of drug-likeness (QED) is 0.589. The van der Waals surface area contributed by atoms with Gasteiger partial charge in [-0.2, -0.15) is 0 Å². The van der Waals surface area contributed by atoms with Crippen molar-refractivity contribution in [3.8, 4) is 0 Å². The maximum Gasteiger partial charge on any atom is 0.322 e. The second-order valence-corrected chi connectivity index (χ2v) is 4.55. The molecule has 5 heteroatoms. The van der Waals surface area contributed by atoms with Crippen LogP contribution in [0, 0.1) is 5.92 Å². The van der Waals surface area contributed by atoms with Crippen LogP contribution in [-0.2, 0) is 4.79 Å². The minimum atomic E-state index is -0.619. The molecule has 5 nitrogen and oxygen atoms in total. The number of nitrogens with one attached hydrogen (secondary N) is 2. The predicted octanol–water partition coefficient (Wildman–Crippen LogP) is -0.464. The lowest BCUT2D eigenvalue weighted by Gasteiger charge is -2.46. The molecule has 2 rings (SSSR count). The molecule has 0 unspecified atom stereocenters. The molecule has 0 aliphatic carbocycles. The van der Waals surface area contributed by atoms with Gasteiger partial charge in [0.1, 0.15) is 5.54 Å². The number of likely N-dealkylation sites (tertiary alicyclic amines) is 1. The monoisotopic (exact) mass is 197 g/mol. The van der Waals surface area contributed by atoms with E-state index >= 15 is 0 Å². The van der Waals surface area contributed by atoms with E-state index in [2.05, 4.69) is 29.4 Å². The minimum absolute atomic E-state index is 0.178. The fraction of sp³-hybridized carbons (Fsp3) is 0.778. The van der Waals surface area contributed by atoms with Crippen molar-refractivity contribution in [1.29, 1.82) is 0 Å². The van der Waals surface area contributed by atoms with Crippen LogP contribution >= 0.6 is 0 Å². The van der Waals surface area contributed by atoms with Crippen LogP contribution < -0.4 is 10.6 Å². The first-order chi connectivity index (χ1) is 6.52.